The van der Waals surface area contributed by atoms with E-state index in [1.54, 1.807) is 43.3 Å². The van der Waals surface area contributed by atoms with Crippen LogP contribution >= 0.6 is 0 Å². The van der Waals surface area contributed by atoms with E-state index in [-0.39, 0.29) is 11.3 Å². The molecule has 0 bridgehead atoms. The molecule has 0 saturated heterocycles. The van der Waals surface area contributed by atoms with E-state index in [2.05, 4.69) is 20.6 Å². The topological polar surface area (TPSA) is 104 Å². The molecule has 3 aromatic rings. The Morgan fingerprint density at radius 1 is 0.852 bits per heavy atom. The quantitative estimate of drug-likeness (QED) is 0.565. The molecular formula is C20H18N4O3. The zero-order valence-corrected chi connectivity index (χ0v) is 14.9. The highest BCUT2D eigenvalue weighted by Crippen LogP contribution is 2.21. The van der Waals surface area contributed by atoms with Gasteiger partial charge >= 0.3 is 5.97 Å². The number of nitrogens with zero attached hydrogens (tertiary/aromatic N) is 2. The van der Waals surface area contributed by atoms with Gasteiger partial charge in [0.1, 0.15) is 17.5 Å². The highest BCUT2D eigenvalue weighted by Gasteiger charge is 2.06. The number of carboxylic acids is 1. The molecule has 0 fully saturated rings. The Hall–Kier alpha value is -3.74. The molecule has 0 unspecified atom stereocenters. The molecule has 136 valence electrons. The van der Waals surface area contributed by atoms with Gasteiger partial charge in [0.15, 0.2) is 5.78 Å². The third-order valence-corrected chi connectivity index (χ3v) is 3.78. The Kier molecular flexibility index (Phi) is 5.12. The molecule has 0 aliphatic carbocycles. The number of carbonyl (C=O) groups is 2. The predicted molar refractivity (Wildman–Crippen MR) is 103 cm³/mol. The van der Waals surface area contributed by atoms with Crippen molar-refractivity contribution in [1.82, 2.24) is 9.97 Å². The summed E-state index contributed by atoms with van der Waals surface area (Å²) in [6.07, 6.45) is 0. The Labute approximate surface area is 156 Å². The number of hydrogen-bond donors (Lipinski definition) is 3. The number of ketones is 1. The minimum absolute atomic E-state index is 0.00955. The first-order valence-electron chi connectivity index (χ1n) is 8.25. The summed E-state index contributed by atoms with van der Waals surface area (Å²) in [5.74, 6) is 0.722. The average molecular weight is 362 g/mol. The molecule has 0 atom stereocenters. The molecule has 1 aromatic heterocycles. The Morgan fingerprint density at radius 2 is 1.48 bits per heavy atom. The highest BCUT2D eigenvalue weighted by atomic mass is 16.4. The van der Waals surface area contributed by atoms with E-state index in [0.717, 1.165) is 5.69 Å². The fraction of sp³-hybridized carbons (Fsp3) is 0.100. The van der Waals surface area contributed by atoms with Gasteiger partial charge in [0.25, 0.3) is 0 Å². The SMILES string of the molecule is CC(=O)c1cccc(Nc2cc(Nc3ccc(C(=O)O)cc3)nc(C)n2)c1. The van der Waals surface area contributed by atoms with Gasteiger partial charge in [-0.3, -0.25) is 4.79 Å². The van der Waals surface area contributed by atoms with E-state index < -0.39 is 5.97 Å². The lowest BCUT2D eigenvalue weighted by atomic mass is 10.1. The van der Waals surface area contributed by atoms with Crippen molar-refractivity contribution in [2.24, 2.45) is 0 Å². The fourth-order valence-electron chi connectivity index (χ4n) is 2.50. The summed E-state index contributed by atoms with van der Waals surface area (Å²) in [4.78, 5) is 31.2. The van der Waals surface area contributed by atoms with Crippen molar-refractivity contribution >= 4 is 34.8 Å². The number of carboxylic acid groups (broad SMARTS) is 1. The third-order valence-electron chi connectivity index (χ3n) is 3.78. The second-order valence-electron chi connectivity index (χ2n) is 5.96. The number of anilines is 4. The van der Waals surface area contributed by atoms with Gasteiger partial charge in [-0.2, -0.15) is 0 Å². The summed E-state index contributed by atoms with van der Waals surface area (Å²) in [5.41, 5.74) is 2.29. The second kappa shape index (κ2) is 7.65. The van der Waals surface area contributed by atoms with Crippen molar-refractivity contribution in [3.63, 3.8) is 0 Å². The third kappa shape index (κ3) is 4.66. The first kappa shape index (κ1) is 18.1. The van der Waals surface area contributed by atoms with Crippen molar-refractivity contribution < 1.29 is 14.7 Å². The van der Waals surface area contributed by atoms with E-state index in [9.17, 15) is 9.59 Å². The van der Waals surface area contributed by atoms with Crippen molar-refractivity contribution in [3.05, 3.63) is 71.5 Å². The van der Waals surface area contributed by atoms with E-state index in [0.29, 0.717) is 28.7 Å². The zero-order chi connectivity index (χ0) is 19.4. The predicted octanol–water partition coefficient (Wildman–Crippen LogP) is 4.17. The van der Waals surface area contributed by atoms with Gasteiger partial charge in [0, 0.05) is 23.0 Å². The largest absolute Gasteiger partial charge is 0.478 e. The normalized spacial score (nSPS) is 10.3. The Morgan fingerprint density at radius 3 is 2.07 bits per heavy atom. The maximum atomic E-state index is 11.5. The van der Waals surface area contributed by atoms with Gasteiger partial charge in [-0.25, -0.2) is 14.8 Å². The van der Waals surface area contributed by atoms with Crippen LogP contribution < -0.4 is 10.6 Å². The number of hydrogen-bond acceptors (Lipinski definition) is 6. The van der Waals surface area contributed by atoms with Crippen molar-refractivity contribution in [1.29, 1.82) is 0 Å². The molecule has 2 aromatic carbocycles. The van der Waals surface area contributed by atoms with Crippen molar-refractivity contribution in [2.45, 2.75) is 13.8 Å². The number of aromatic carboxylic acids is 1. The first-order valence-corrected chi connectivity index (χ1v) is 8.25. The van der Waals surface area contributed by atoms with Crippen LogP contribution in [0.1, 0.15) is 33.5 Å². The minimum Gasteiger partial charge on any atom is -0.478 e. The maximum Gasteiger partial charge on any atom is 0.335 e. The number of aromatic nitrogens is 2. The molecule has 0 spiro atoms. The van der Waals surface area contributed by atoms with Crippen LogP contribution in [0.5, 0.6) is 0 Å². The summed E-state index contributed by atoms with van der Waals surface area (Å²) in [5, 5.41) is 15.3. The van der Waals surface area contributed by atoms with Crippen LogP contribution in [0.15, 0.2) is 54.6 Å². The first-order chi connectivity index (χ1) is 12.9. The summed E-state index contributed by atoms with van der Waals surface area (Å²) in [7, 11) is 0. The van der Waals surface area contributed by atoms with Gasteiger partial charge in [-0.05, 0) is 50.2 Å². The molecular weight excluding hydrogens is 344 g/mol. The van der Waals surface area contributed by atoms with Crippen LogP contribution in [0.25, 0.3) is 0 Å². The molecule has 7 nitrogen and oxygen atoms in total. The van der Waals surface area contributed by atoms with Crippen LogP contribution in [-0.2, 0) is 0 Å². The zero-order valence-electron chi connectivity index (χ0n) is 14.9. The van der Waals surface area contributed by atoms with E-state index >= 15 is 0 Å². The van der Waals surface area contributed by atoms with Gasteiger partial charge < -0.3 is 15.7 Å². The standard InChI is InChI=1S/C20H18N4O3/c1-12(25)15-4-3-5-17(10-15)24-19-11-18(21-13(2)22-19)23-16-8-6-14(7-9-16)20(26)27/h3-11H,1-2H3,(H,26,27)(H2,21,22,23,24). The summed E-state index contributed by atoms with van der Waals surface area (Å²) >= 11 is 0. The lowest BCUT2D eigenvalue weighted by Crippen LogP contribution is -2.02. The Bertz CT molecular complexity index is 1000. The number of rotatable bonds is 6. The molecule has 1 heterocycles. The van der Waals surface area contributed by atoms with Crippen LogP contribution in [0, 0.1) is 6.92 Å². The smallest absolute Gasteiger partial charge is 0.335 e. The van der Waals surface area contributed by atoms with Gasteiger partial charge in [-0.15, -0.1) is 0 Å². The molecule has 0 saturated carbocycles. The molecule has 3 rings (SSSR count). The van der Waals surface area contributed by atoms with E-state index in [1.165, 1.54) is 19.1 Å². The number of carbonyl (C=O) groups excluding carboxylic acids is 1. The molecule has 7 heteroatoms. The highest BCUT2D eigenvalue weighted by molar-refractivity contribution is 5.95. The lowest BCUT2D eigenvalue weighted by molar-refractivity contribution is 0.0696. The van der Waals surface area contributed by atoms with Crippen LogP contribution in [-0.4, -0.2) is 26.8 Å². The number of aryl methyl sites for hydroxylation is 1. The maximum absolute atomic E-state index is 11.5. The molecule has 0 aliphatic heterocycles. The summed E-state index contributed by atoms with van der Waals surface area (Å²) in [6.45, 7) is 3.29. The Balaban J connectivity index is 1.80. The monoisotopic (exact) mass is 362 g/mol. The minimum atomic E-state index is -0.973. The number of nitrogens with one attached hydrogen (secondary N) is 2. The molecule has 3 N–H and O–H groups in total. The molecule has 27 heavy (non-hydrogen) atoms. The summed E-state index contributed by atoms with van der Waals surface area (Å²) < 4.78 is 0. The van der Waals surface area contributed by atoms with E-state index in [4.69, 9.17) is 5.11 Å². The van der Waals surface area contributed by atoms with Crippen LogP contribution in [0.3, 0.4) is 0 Å². The number of benzene rings is 2. The van der Waals surface area contributed by atoms with Gasteiger partial charge in [0.2, 0.25) is 0 Å². The van der Waals surface area contributed by atoms with Gasteiger partial charge in [0.05, 0.1) is 5.56 Å². The van der Waals surface area contributed by atoms with Crippen molar-refractivity contribution in [3.8, 4) is 0 Å². The molecule has 0 aliphatic rings. The second-order valence-corrected chi connectivity index (χ2v) is 5.96. The van der Waals surface area contributed by atoms with Crippen LogP contribution in [0.2, 0.25) is 0 Å². The molecule has 0 amide bonds. The van der Waals surface area contributed by atoms with Gasteiger partial charge in [-0.1, -0.05) is 12.1 Å². The van der Waals surface area contributed by atoms with E-state index in [1.807, 2.05) is 6.07 Å². The average Bonchev–Trinajstić information content (AvgIpc) is 2.62. The summed E-state index contributed by atoms with van der Waals surface area (Å²) in [6, 6.07) is 15.3. The number of Topliss-reactive ketones (excluding diaryl/α,β-unsaturated/α-hetero) is 1. The molecule has 0 radical (unpaired) electrons. The lowest BCUT2D eigenvalue weighted by Gasteiger charge is -2.11. The van der Waals surface area contributed by atoms with Crippen molar-refractivity contribution in [2.75, 3.05) is 10.6 Å². The fourth-order valence-corrected chi connectivity index (χ4v) is 2.50. The van der Waals surface area contributed by atoms with Crippen LogP contribution in [0.4, 0.5) is 23.0 Å².